The van der Waals surface area contributed by atoms with Crippen molar-refractivity contribution in [3.8, 4) is 11.4 Å². The fourth-order valence-electron chi connectivity index (χ4n) is 3.70. The molecule has 0 aliphatic carbocycles. The summed E-state index contributed by atoms with van der Waals surface area (Å²) in [6.07, 6.45) is 0. The second-order valence-corrected chi connectivity index (χ2v) is 8.66. The van der Waals surface area contributed by atoms with Crippen LogP contribution in [0.1, 0.15) is 43.8 Å². The number of hydrogen-bond donors (Lipinski definition) is 1. The summed E-state index contributed by atoms with van der Waals surface area (Å²) in [6, 6.07) is 14.9. The number of benzene rings is 2. The van der Waals surface area contributed by atoms with E-state index in [9.17, 15) is 4.79 Å². The third-order valence-electron chi connectivity index (χ3n) is 5.31. The highest BCUT2D eigenvalue weighted by molar-refractivity contribution is 6.30. The lowest BCUT2D eigenvalue weighted by Gasteiger charge is -2.36. The van der Waals surface area contributed by atoms with Gasteiger partial charge in [-0.15, -0.1) is 0 Å². The van der Waals surface area contributed by atoms with Crippen LogP contribution in [-0.2, 0) is 0 Å². The highest BCUT2D eigenvalue weighted by atomic mass is 35.5. The normalized spacial score (nSPS) is 16.8. The van der Waals surface area contributed by atoms with Crippen LogP contribution in [-0.4, -0.2) is 27.6 Å². The highest BCUT2D eigenvalue weighted by Crippen LogP contribution is 2.37. The zero-order valence-electron chi connectivity index (χ0n) is 18.0. The summed E-state index contributed by atoms with van der Waals surface area (Å²) in [5, 5.41) is 7.95. The molecule has 1 aromatic heterocycles. The Morgan fingerprint density at radius 1 is 1.10 bits per heavy atom. The molecule has 1 atom stereocenters. The lowest BCUT2D eigenvalue weighted by atomic mass is 9.94. The Morgan fingerprint density at radius 3 is 2.42 bits per heavy atom. The average molecular weight is 437 g/mol. The topological polar surface area (TPSA) is 71.3 Å². The van der Waals surface area contributed by atoms with Crippen molar-refractivity contribution in [1.29, 1.82) is 0 Å². The van der Waals surface area contributed by atoms with E-state index in [2.05, 4.69) is 29.3 Å². The van der Waals surface area contributed by atoms with Crippen LogP contribution in [0.15, 0.2) is 58.8 Å². The zero-order chi connectivity index (χ0) is 22.1. The van der Waals surface area contributed by atoms with Gasteiger partial charge in [0.2, 0.25) is 5.82 Å². The van der Waals surface area contributed by atoms with Crippen LogP contribution in [0, 0.1) is 12.8 Å². The maximum atomic E-state index is 12.9. The lowest BCUT2D eigenvalue weighted by molar-refractivity contribution is 0.199. The van der Waals surface area contributed by atoms with Crippen LogP contribution in [0.2, 0.25) is 5.02 Å². The zero-order valence-corrected chi connectivity index (χ0v) is 18.8. The number of halogens is 1. The third kappa shape index (κ3) is 4.35. The van der Waals surface area contributed by atoms with Crippen LogP contribution in [0.25, 0.3) is 17.0 Å². The molecule has 3 aromatic rings. The fraction of sp³-hybridized carbons (Fsp3) is 0.292. The standard InChI is InChI=1S/C24H25ClN4O2/c1-14(2)13-29-16(4)20(21(26-24(29)30)17-7-5-15(3)6-8-17)23-27-22(28-31-23)18-9-11-19(25)12-10-18/h5-12,14,21H,13H2,1-4H3,(H,26,30). The van der Waals surface area contributed by atoms with E-state index in [1.807, 2.05) is 50.2 Å². The smallest absolute Gasteiger partial charge is 0.322 e. The number of nitrogens with one attached hydrogen (secondary N) is 1. The lowest BCUT2D eigenvalue weighted by Crippen LogP contribution is -2.47. The van der Waals surface area contributed by atoms with Gasteiger partial charge in [0.15, 0.2) is 0 Å². The molecule has 0 radical (unpaired) electrons. The third-order valence-corrected chi connectivity index (χ3v) is 5.57. The minimum atomic E-state index is -0.380. The molecule has 0 spiro atoms. The van der Waals surface area contributed by atoms with E-state index in [-0.39, 0.29) is 12.1 Å². The van der Waals surface area contributed by atoms with E-state index < -0.39 is 0 Å². The molecule has 1 aliphatic heterocycles. The summed E-state index contributed by atoms with van der Waals surface area (Å²) in [4.78, 5) is 19.3. The van der Waals surface area contributed by atoms with E-state index in [0.717, 1.165) is 28.0 Å². The molecular weight excluding hydrogens is 412 g/mol. The van der Waals surface area contributed by atoms with Crippen molar-refractivity contribution in [3.63, 3.8) is 0 Å². The molecule has 4 rings (SSSR count). The van der Waals surface area contributed by atoms with Gasteiger partial charge in [0, 0.05) is 22.8 Å². The Morgan fingerprint density at radius 2 is 1.77 bits per heavy atom. The summed E-state index contributed by atoms with van der Waals surface area (Å²) < 4.78 is 5.69. The number of amides is 2. The van der Waals surface area contributed by atoms with Crippen LogP contribution in [0.5, 0.6) is 0 Å². The van der Waals surface area contributed by atoms with Gasteiger partial charge in [-0.05, 0) is 49.6 Å². The van der Waals surface area contributed by atoms with Crippen molar-refractivity contribution in [1.82, 2.24) is 20.4 Å². The largest absolute Gasteiger partial charge is 0.334 e. The van der Waals surface area contributed by atoms with Crippen molar-refractivity contribution in [3.05, 3.63) is 76.3 Å². The number of carbonyl (C=O) groups is 1. The molecule has 7 heteroatoms. The molecule has 160 valence electrons. The first-order chi connectivity index (χ1) is 14.8. The summed E-state index contributed by atoms with van der Waals surface area (Å²) >= 11 is 6.00. The molecule has 0 bridgehead atoms. The number of rotatable bonds is 5. The van der Waals surface area contributed by atoms with Gasteiger partial charge in [-0.2, -0.15) is 4.98 Å². The summed E-state index contributed by atoms with van der Waals surface area (Å²) in [7, 11) is 0. The predicted molar refractivity (Wildman–Crippen MR) is 121 cm³/mol. The van der Waals surface area contributed by atoms with E-state index in [1.165, 1.54) is 0 Å². The first-order valence-corrected chi connectivity index (χ1v) is 10.7. The van der Waals surface area contributed by atoms with Gasteiger partial charge < -0.3 is 9.84 Å². The maximum Gasteiger partial charge on any atom is 0.322 e. The summed E-state index contributed by atoms with van der Waals surface area (Å²) in [5.74, 6) is 1.17. The monoisotopic (exact) mass is 436 g/mol. The van der Waals surface area contributed by atoms with E-state index in [1.54, 1.807) is 17.0 Å². The molecular formula is C24H25ClN4O2. The molecule has 1 N–H and O–H groups in total. The Kier molecular flexibility index (Phi) is 5.83. The molecule has 1 aliphatic rings. The van der Waals surface area contributed by atoms with Gasteiger partial charge in [-0.25, -0.2) is 4.79 Å². The van der Waals surface area contributed by atoms with Gasteiger partial charge >= 0.3 is 6.03 Å². The number of hydrogen-bond acceptors (Lipinski definition) is 4. The predicted octanol–water partition coefficient (Wildman–Crippen LogP) is 5.85. The molecule has 2 aromatic carbocycles. The molecule has 6 nitrogen and oxygen atoms in total. The van der Waals surface area contributed by atoms with Crippen molar-refractivity contribution < 1.29 is 9.32 Å². The first kappa shape index (κ1) is 21.1. The van der Waals surface area contributed by atoms with Crippen molar-refractivity contribution in [2.24, 2.45) is 5.92 Å². The van der Waals surface area contributed by atoms with Gasteiger partial charge in [-0.3, -0.25) is 4.90 Å². The van der Waals surface area contributed by atoms with Crippen molar-refractivity contribution >= 4 is 23.2 Å². The van der Waals surface area contributed by atoms with Gasteiger partial charge in [0.1, 0.15) is 0 Å². The van der Waals surface area contributed by atoms with Crippen LogP contribution in [0.3, 0.4) is 0 Å². The Bertz CT molecular complexity index is 1120. The van der Waals surface area contributed by atoms with Crippen LogP contribution in [0.4, 0.5) is 4.79 Å². The number of nitrogens with zero attached hydrogens (tertiary/aromatic N) is 3. The molecule has 1 unspecified atom stereocenters. The second kappa shape index (κ2) is 8.55. The van der Waals surface area contributed by atoms with E-state index >= 15 is 0 Å². The minimum absolute atomic E-state index is 0.127. The number of aromatic nitrogens is 2. The first-order valence-electron chi connectivity index (χ1n) is 10.3. The fourth-order valence-corrected chi connectivity index (χ4v) is 3.83. The molecule has 0 saturated heterocycles. The Hall–Kier alpha value is -3.12. The average Bonchev–Trinajstić information content (AvgIpc) is 3.21. The molecule has 2 amide bonds. The molecule has 2 heterocycles. The molecule has 0 saturated carbocycles. The van der Waals surface area contributed by atoms with Crippen molar-refractivity contribution in [2.45, 2.75) is 33.7 Å². The summed E-state index contributed by atoms with van der Waals surface area (Å²) in [5.41, 5.74) is 4.54. The second-order valence-electron chi connectivity index (χ2n) is 8.23. The number of allylic oxidation sites excluding steroid dienone is 1. The van der Waals surface area contributed by atoms with Crippen LogP contribution >= 0.6 is 11.6 Å². The SMILES string of the molecule is CC1=C(c2nc(-c3ccc(Cl)cc3)no2)C(c2ccc(C)cc2)NC(=O)N1CC(C)C. The number of carbonyl (C=O) groups excluding carboxylic acids is 1. The molecule has 31 heavy (non-hydrogen) atoms. The van der Waals surface area contributed by atoms with Crippen LogP contribution < -0.4 is 5.32 Å². The maximum absolute atomic E-state index is 12.9. The summed E-state index contributed by atoms with van der Waals surface area (Å²) in [6.45, 7) is 8.73. The van der Waals surface area contributed by atoms with Gasteiger partial charge in [-0.1, -0.05) is 60.4 Å². The van der Waals surface area contributed by atoms with Gasteiger partial charge in [0.05, 0.1) is 11.6 Å². The number of urea groups is 1. The van der Waals surface area contributed by atoms with E-state index in [4.69, 9.17) is 16.1 Å². The Balaban J connectivity index is 1.80. The number of aryl methyl sites for hydroxylation is 1. The molecule has 0 fully saturated rings. The minimum Gasteiger partial charge on any atom is -0.334 e. The van der Waals surface area contributed by atoms with E-state index in [0.29, 0.717) is 29.2 Å². The highest BCUT2D eigenvalue weighted by Gasteiger charge is 2.35. The van der Waals surface area contributed by atoms with Gasteiger partial charge in [0.25, 0.3) is 5.89 Å². The quantitative estimate of drug-likeness (QED) is 0.544. The Labute approximate surface area is 186 Å². The van der Waals surface area contributed by atoms with Crippen molar-refractivity contribution in [2.75, 3.05) is 6.54 Å².